The fourth-order valence-electron chi connectivity index (χ4n) is 2.38. The van der Waals surface area contributed by atoms with E-state index in [1.807, 2.05) is 25.7 Å². The molecule has 0 radical (unpaired) electrons. The van der Waals surface area contributed by atoms with Crippen LogP contribution in [-0.2, 0) is 4.74 Å². The molecule has 4 heteroatoms. The van der Waals surface area contributed by atoms with Crippen LogP contribution in [0.1, 0.15) is 46.5 Å². The summed E-state index contributed by atoms with van der Waals surface area (Å²) in [7, 11) is 0. The third-order valence-corrected chi connectivity index (χ3v) is 3.37. The molecule has 0 spiro atoms. The first-order valence-electron chi connectivity index (χ1n) is 6.10. The van der Waals surface area contributed by atoms with Gasteiger partial charge in [-0.2, -0.15) is 0 Å². The van der Waals surface area contributed by atoms with Crippen molar-refractivity contribution in [1.29, 1.82) is 0 Å². The van der Waals surface area contributed by atoms with Gasteiger partial charge >= 0.3 is 6.09 Å². The lowest BCUT2D eigenvalue weighted by atomic mass is 10.1. The molecule has 0 unspecified atom stereocenters. The molecular formula is C12H22N2O2. The van der Waals surface area contributed by atoms with E-state index in [1.165, 1.54) is 0 Å². The molecule has 4 nitrogen and oxygen atoms in total. The van der Waals surface area contributed by atoms with E-state index in [-0.39, 0.29) is 17.7 Å². The Labute approximate surface area is 97.1 Å². The standard InChI is InChI=1S/C12H22N2O2/c1-11(2,3)16-10(15)14-8-4-5-9(14)12(13)6-7-12/h9H,4-8,13H2,1-3H3/t9-/m0/s1. The van der Waals surface area contributed by atoms with Crippen molar-refractivity contribution < 1.29 is 9.53 Å². The molecule has 1 amide bonds. The van der Waals surface area contributed by atoms with Crippen LogP contribution in [0.4, 0.5) is 4.79 Å². The van der Waals surface area contributed by atoms with Gasteiger partial charge in [-0.05, 0) is 46.5 Å². The third-order valence-electron chi connectivity index (χ3n) is 3.37. The predicted molar refractivity (Wildman–Crippen MR) is 62.1 cm³/mol. The van der Waals surface area contributed by atoms with Crippen LogP contribution >= 0.6 is 0 Å². The van der Waals surface area contributed by atoms with Crippen molar-refractivity contribution in [2.45, 2.75) is 63.6 Å². The number of nitrogens with zero attached hydrogens (tertiary/aromatic N) is 1. The van der Waals surface area contributed by atoms with Crippen LogP contribution in [-0.4, -0.2) is 34.7 Å². The first-order chi connectivity index (χ1) is 7.32. The number of ether oxygens (including phenoxy) is 1. The fraction of sp³-hybridized carbons (Fsp3) is 0.917. The molecule has 2 rings (SSSR count). The Morgan fingerprint density at radius 2 is 2.06 bits per heavy atom. The number of hydrogen-bond donors (Lipinski definition) is 1. The second-order valence-electron chi connectivity index (χ2n) is 6.06. The summed E-state index contributed by atoms with van der Waals surface area (Å²) >= 11 is 0. The Morgan fingerprint density at radius 1 is 1.44 bits per heavy atom. The summed E-state index contributed by atoms with van der Waals surface area (Å²) in [5, 5.41) is 0. The highest BCUT2D eigenvalue weighted by atomic mass is 16.6. The van der Waals surface area contributed by atoms with Gasteiger partial charge in [0.15, 0.2) is 0 Å². The maximum absolute atomic E-state index is 12.0. The van der Waals surface area contributed by atoms with Crippen molar-refractivity contribution in [3.05, 3.63) is 0 Å². The minimum absolute atomic E-state index is 0.118. The number of amides is 1. The molecule has 2 N–H and O–H groups in total. The first kappa shape index (κ1) is 11.7. The number of rotatable bonds is 1. The van der Waals surface area contributed by atoms with Crippen LogP contribution in [0.5, 0.6) is 0 Å². The van der Waals surface area contributed by atoms with Gasteiger partial charge in [0.2, 0.25) is 0 Å². The Kier molecular flexibility index (Phi) is 2.65. The highest BCUT2D eigenvalue weighted by Gasteiger charge is 2.51. The minimum Gasteiger partial charge on any atom is -0.444 e. The molecule has 0 bridgehead atoms. The summed E-state index contributed by atoms with van der Waals surface area (Å²) in [5.74, 6) is 0. The molecule has 1 aliphatic carbocycles. The van der Waals surface area contributed by atoms with E-state index in [9.17, 15) is 4.79 Å². The molecule has 1 heterocycles. The molecule has 1 aliphatic heterocycles. The van der Waals surface area contributed by atoms with Gasteiger partial charge in [-0.25, -0.2) is 4.79 Å². The Morgan fingerprint density at radius 3 is 2.56 bits per heavy atom. The van der Waals surface area contributed by atoms with Crippen LogP contribution in [0.2, 0.25) is 0 Å². The summed E-state index contributed by atoms with van der Waals surface area (Å²) < 4.78 is 5.41. The van der Waals surface area contributed by atoms with Crippen molar-refractivity contribution >= 4 is 6.09 Å². The lowest BCUT2D eigenvalue weighted by molar-refractivity contribution is 0.0198. The normalized spacial score (nSPS) is 28.0. The second-order valence-corrected chi connectivity index (χ2v) is 6.06. The number of nitrogens with two attached hydrogens (primary N) is 1. The van der Waals surface area contributed by atoms with E-state index < -0.39 is 5.60 Å². The van der Waals surface area contributed by atoms with Crippen LogP contribution < -0.4 is 5.73 Å². The van der Waals surface area contributed by atoms with E-state index in [0.29, 0.717) is 0 Å². The Bertz CT molecular complexity index is 292. The zero-order valence-corrected chi connectivity index (χ0v) is 10.5. The SMILES string of the molecule is CC(C)(C)OC(=O)N1CCC[C@H]1C1(N)CC1. The molecular weight excluding hydrogens is 204 g/mol. The van der Waals surface area contributed by atoms with Gasteiger partial charge in [-0.3, -0.25) is 0 Å². The van der Waals surface area contributed by atoms with Crippen LogP contribution in [0.3, 0.4) is 0 Å². The predicted octanol–water partition coefficient (Wildman–Crippen LogP) is 1.88. The molecule has 1 saturated carbocycles. The summed E-state index contributed by atoms with van der Waals surface area (Å²) in [5.41, 5.74) is 5.66. The number of hydrogen-bond acceptors (Lipinski definition) is 3. The Balaban J connectivity index is 2.00. The van der Waals surface area contributed by atoms with Gasteiger partial charge < -0.3 is 15.4 Å². The quantitative estimate of drug-likeness (QED) is 0.742. The fourth-order valence-corrected chi connectivity index (χ4v) is 2.38. The van der Waals surface area contributed by atoms with Crippen molar-refractivity contribution in [2.75, 3.05) is 6.54 Å². The number of likely N-dealkylation sites (tertiary alicyclic amines) is 1. The van der Waals surface area contributed by atoms with Crippen LogP contribution in [0.25, 0.3) is 0 Å². The average Bonchev–Trinajstić information content (AvgIpc) is 2.70. The van der Waals surface area contributed by atoms with E-state index in [2.05, 4.69) is 0 Å². The molecule has 1 atom stereocenters. The topological polar surface area (TPSA) is 55.6 Å². The molecule has 92 valence electrons. The van der Waals surface area contributed by atoms with Gasteiger partial charge in [0, 0.05) is 12.1 Å². The Hall–Kier alpha value is -0.770. The van der Waals surface area contributed by atoms with Gasteiger partial charge in [0.25, 0.3) is 0 Å². The molecule has 2 fully saturated rings. The number of carbonyl (C=O) groups excluding carboxylic acids is 1. The lowest BCUT2D eigenvalue weighted by Crippen LogP contribution is -2.49. The van der Waals surface area contributed by atoms with E-state index in [4.69, 9.17) is 10.5 Å². The maximum atomic E-state index is 12.0. The van der Waals surface area contributed by atoms with Crippen molar-refractivity contribution in [1.82, 2.24) is 4.90 Å². The van der Waals surface area contributed by atoms with Gasteiger partial charge in [0.1, 0.15) is 5.60 Å². The lowest BCUT2D eigenvalue weighted by Gasteiger charge is -2.31. The zero-order chi connectivity index (χ0) is 12.0. The van der Waals surface area contributed by atoms with Crippen molar-refractivity contribution in [2.24, 2.45) is 5.73 Å². The van der Waals surface area contributed by atoms with E-state index >= 15 is 0 Å². The van der Waals surface area contributed by atoms with E-state index in [1.54, 1.807) is 0 Å². The molecule has 16 heavy (non-hydrogen) atoms. The average molecular weight is 226 g/mol. The largest absolute Gasteiger partial charge is 0.444 e. The van der Waals surface area contributed by atoms with Gasteiger partial charge in [0.05, 0.1) is 6.04 Å². The summed E-state index contributed by atoms with van der Waals surface area (Å²) in [4.78, 5) is 13.8. The van der Waals surface area contributed by atoms with Crippen LogP contribution in [0.15, 0.2) is 0 Å². The molecule has 0 aromatic rings. The first-order valence-corrected chi connectivity index (χ1v) is 6.10. The maximum Gasteiger partial charge on any atom is 0.410 e. The van der Waals surface area contributed by atoms with Crippen molar-refractivity contribution in [3.8, 4) is 0 Å². The zero-order valence-electron chi connectivity index (χ0n) is 10.5. The van der Waals surface area contributed by atoms with Crippen LogP contribution in [0, 0.1) is 0 Å². The molecule has 0 aromatic carbocycles. The summed E-state index contributed by atoms with van der Waals surface area (Å²) in [6, 6.07) is 0.197. The third kappa shape index (κ3) is 2.32. The minimum atomic E-state index is -0.421. The molecule has 0 aromatic heterocycles. The second kappa shape index (κ2) is 3.62. The molecule has 2 aliphatic rings. The summed E-state index contributed by atoms with van der Waals surface area (Å²) in [6.07, 6.45) is 3.94. The van der Waals surface area contributed by atoms with Gasteiger partial charge in [-0.15, -0.1) is 0 Å². The van der Waals surface area contributed by atoms with E-state index in [0.717, 1.165) is 32.2 Å². The van der Waals surface area contributed by atoms with Crippen molar-refractivity contribution in [3.63, 3.8) is 0 Å². The smallest absolute Gasteiger partial charge is 0.410 e. The monoisotopic (exact) mass is 226 g/mol. The number of carbonyl (C=O) groups is 1. The molecule has 1 saturated heterocycles. The summed E-state index contributed by atoms with van der Waals surface area (Å²) in [6.45, 7) is 6.47. The van der Waals surface area contributed by atoms with Gasteiger partial charge in [-0.1, -0.05) is 0 Å². The highest BCUT2D eigenvalue weighted by Crippen LogP contribution is 2.42. The highest BCUT2D eigenvalue weighted by molar-refractivity contribution is 5.69.